The number of esters is 1. The molecule has 6 nitrogen and oxygen atoms in total. The number of carbonyl (C=O) groups excluding carboxylic acids is 3. The van der Waals surface area contributed by atoms with Crippen molar-refractivity contribution in [2.45, 2.75) is 33.5 Å². The lowest BCUT2D eigenvalue weighted by Crippen LogP contribution is -2.25. The number of benzene rings is 2. The molecule has 0 aliphatic carbocycles. The molecule has 0 aliphatic heterocycles. The maximum atomic E-state index is 13.0. The molecular weight excluding hydrogens is 420 g/mol. The molecule has 0 saturated carbocycles. The largest absolute Gasteiger partial charge is 0.451 e. The molecule has 2 aromatic carbocycles. The van der Waals surface area contributed by atoms with E-state index in [1.54, 1.807) is 36.6 Å². The molecule has 0 N–H and O–H groups in total. The number of hydrogen-bond acceptors (Lipinski definition) is 5. The maximum absolute atomic E-state index is 13.0. The van der Waals surface area contributed by atoms with Crippen LogP contribution in [0.25, 0.3) is 5.69 Å². The van der Waals surface area contributed by atoms with Crippen molar-refractivity contribution in [2.75, 3.05) is 0 Å². The zero-order valence-corrected chi connectivity index (χ0v) is 17.7. The molecule has 0 saturated heterocycles. The Bertz CT molecular complexity index is 1130. The molecule has 8 heteroatoms. The second kappa shape index (κ2) is 9.55. The van der Waals surface area contributed by atoms with Crippen LogP contribution in [0.2, 0.25) is 0 Å². The Morgan fingerprint density at radius 2 is 1.62 bits per heavy atom. The predicted molar refractivity (Wildman–Crippen MR) is 113 cm³/mol. The van der Waals surface area contributed by atoms with Crippen LogP contribution in [0.15, 0.2) is 54.6 Å². The van der Waals surface area contributed by atoms with E-state index < -0.39 is 18.7 Å². The van der Waals surface area contributed by atoms with Gasteiger partial charge in [-0.2, -0.15) is 8.78 Å². The van der Waals surface area contributed by atoms with Gasteiger partial charge in [0.2, 0.25) is 5.78 Å². The van der Waals surface area contributed by atoms with E-state index in [4.69, 9.17) is 4.74 Å². The summed E-state index contributed by atoms with van der Waals surface area (Å²) in [4.78, 5) is 36.0. The fourth-order valence-corrected chi connectivity index (χ4v) is 3.39. The van der Waals surface area contributed by atoms with E-state index in [9.17, 15) is 23.2 Å². The molecule has 1 atom stereocenters. The Balaban J connectivity index is 1.78. The minimum atomic E-state index is -2.91. The molecule has 3 rings (SSSR count). The van der Waals surface area contributed by atoms with E-state index in [0.29, 0.717) is 28.8 Å². The van der Waals surface area contributed by atoms with Gasteiger partial charge in [0.1, 0.15) is 12.0 Å². The van der Waals surface area contributed by atoms with Crippen LogP contribution in [0, 0.1) is 13.8 Å². The summed E-state index contributed by atoms with van der Waals surface area (Å²) in [5.41, 5.74) is 3.07. The Morgan fingerprint density at radius 1 is 1.00 bits per heavy atom. The SMILES string of the molecule is Cc1cc(C(=O)C(C)OC(=O)c2ccc(C=O)cc2)c(C)n1-c1ccc(OC(F)F)cc1. The van der Waals surface area contributed by atoms with Crippen molar-refractivity contribution < 1.29 is 32.6 Å². The summed E-state index contributed by atoms with van der Waals surface area (Å²) in [5.74, 6) is -1.02. The summed E-state index contributed by atoms with van der Waals surface area (Å²) in [7, 11) is 0. The monoisotopic (exact) mass is 441 g/mol. The summed E-state index contributed by atoms with van der Waals surface area (Å²) >= 11 is 0. The zero-order chi connectivity index (χ0) is 23.4. The third-order valence-corrected chi connectivity index (χ3v) is 4.95. The van der Waals surface area contributed by atoms with E-state index in [2.05, 4.69) is 4.74 Å². The lowest BCUT2D eigenvalue weighted by Gasteiger charge is -2.14. The highest BCUT2D eigenvalue weighted by molar-refractivity contribution is 6.02. The molecule has 1 unspecified atom stereocenters. The topological polar surface area (TPSA) is 74.6 Å². The standard InChI is InChI=1S/C24H21F2NO5/c1-14-12-21(15(2)27(14)19-8-10-20(11-9-19)32-24(25)26)22(29)16(3)31-23(30)18-6-4-17(13-28)5-7-18/h4-13,16,24H,1-3H3. The molecule has 3 aromatic rings. The molecule has 0 aliphatic rings. The van der Waals surface area contributed by atoms with Gasteiger partial charge in [-0.15, -0.1) is 0 Å². The van der Waals surface area contributed by atoms with E-state index >= 15 is 0 Å². The fraction of sp³-hybridized carbons (Fsp3) is 0.208. The van der Waals surface area contributed by atoms with Gasteiger partial charge >= 0.3 is 12.6 Å². The number of nitrogens with zero attached hydrogens (tertiary/aromatic N) is 1. The van der Waals surface area contributed by atoms with Crippen molar-refractivity contribution in [2.24, 2.45) is 0 Å². The van der Waals surface area contributed by atoms with Gasteiger partial charge in [-0.3, -0.25) is 9.59 Å². The zero-order valence-electron chi connectivity index (χ0n) is 17.7. The number of alkyl halides is 2. The molecular formula is C24H21F2NO5. The molecule has 1 aromatic heterocycles. The highest BCUT2D eigenvalue weighted by Crippen LogP contribution is 2.25. The van der Waals surface area contributed by atoms with Gasteiger partial charge in [0, 0.05) is 28.2 Å². The first kappa shape index (κ1) is 22.9. The number of ketones is 1. The van der Waals surface area contributed by atoms with Gasteiger partial charge in [-0.1, -0.05) is 12.1 Å². The third kappa shape index (κ3) is 4.91. The summed E-state index contributed by atoms with van der Waals surface area (Å²) in [5, 5.41) is 0. The summed E-state index contributed by atoms with van der Waals surface area (Å²) in [6.45, 7) is 2.13. The average Bonchev–Trinajstić information content (AvgIpc) is 3.07. The van der Waals surface area contributed by atoms with Gasteiger partial charge in [0.25, 0.3) is 0 Å². The van der Waals surface area contributed by atoms with Crippen LogP contribution < -0.4 is 4.74 Å². The summed E-state index contributed by atoms with van der Waals surface area (Å²) in [6, 6.07) is 13.6. The van der Waals surface area contributed by atoms with Gasteiger partial charge in [-0.25, -0.2) is 4.79 Å². The number of rotatable bonds is 8. The number of aryl methyl sites for hydroxylation is 1. The second-order valence-corrected chi connectivity index (χ2v) is 7.14. The molecule has 0 fully saturated rings. The number of hydrogen-bond donors (Lipinski definition) is 0. The molecule has 1 heterocycles. The van der Waals surface area contributed by atoms with E-state index in [1.807, 2.05) is 0 Å². The molecule has 0 amide bonds. The van der Waals surface area contributed by atoms with Crippen molar-refractivity contribution in [1.82, 2.24) is 4.57 Å². The van der Waals surface area contributed by atoms with Crippen molar-refractivity contribution in [3.8, 4) is 11.4 Å². The lowest BCUT2D eigenvalue weighted by molar-refractivity contribution is -0.0498. The fourth-order valence-electron chi connectivity index (χ4n) is 3.39. The summed E-state index contributed by atoms with van der Waals surface area (Å²) < 4.78 is 36.2. The van der Waals surface area contributed by atoms with Crippen molar-refractivity contribution in [1.29, 1.82) is 0 Å². The first-order chi connectivity index (χ1) is 15.2. The van der Waals surface area contributed by atoms with Crippen LogP contribution in [0.1, 0.15) is 49.4 Å². The first-order valence-corrected chi connectivity index (χ1v) is 9.76. The van der Waals surface area contributed by atoms with Gasteiger partial charge in [-0.05, 0) is 63.2 Å². The number of halogens is 2. The lowest BCUT2D eigenvalue weighted by atomic mass is 10.1. The van der Waals surface area contributed by atoms with Crippen molar-refractivity contribution in [3.05, 3.63) is 82.7 Å². The van der Waals surface area contributed by atoms with Crippen molar-refractivity contribution >= 4 is 18.0 Å². The van der Waals surface area contributed by atoms with E-state index in [0.717, 1.165) is 5.69 Å². The molecule has 0 radical (unpaired) electrons. The maximum Gasteiger partial charge on any atom is 0.387 e. The van der Waals surface area contributed by atoms with Gasteiger partial charge in [0.05, 0.1) is 5.56 Å². The average molecular weight is 441 g/mol. The minimum Gasteiger partial charge on any atom is -0.451 e. The Morgan fingerprint density at radius 3 is 2.19 bits per heavy atom. The molecule has 32 heavy (non-hydrogen) atoms. The number of carbonyl (C=O) groups is 3. The molecule has 0 bridgehead atoms. The van der Waals surface area contributed by atoms with Crippen LogP contribution >= 0.6 is 0 Å². The smallest absolute Gasteiger partial charge is 0.387 e. The first-order valence-electron chi connectivity index (χ1n) is 9.76. The normalized spacial score (nSPS) is 11.8. The Kier molecular flexibility index (Phi) is 6.82. The predicted octanol–water partition coefficient (Wildman–Crippen LogP) is 4.94. The van der Waals surface area contributed by atoms with Crippen LogP contribution in [0.3, 0.4) is 0 Å². The van der Waals surface area contributed by atoms with Gasteiger partial charge < -0.3 is 14.0 Å². The highest BCUT2D eigenvalue weighted by atomic mass is 19.3. The number of Topliss-reactive ketones (excluding diaryl/α,β-unsaturated/α-hetero) is 1. The van der Waals surface area contributed by atoms with Gasteiger partial charge in [0.15, 0.2) is 6.10 Å². The molecule has 166 valence electrons. The minimum absolute atomic E-state index is 0.0317. The number of aldehydes is 1. The third-order valence-electron chi connectivity index (χ3n) is 4.95. The van der Waals surface area contributed by atoms with Crippen LogP contribution in [-0.4, -0.2) is 35.3 Å². The Hall–Kier alpha value is -3.81. The quantitative estimate of drug-likeness (QED) is 0.281. The van der Waals surface area contributed by atoms with Crippen LogP contribution in [0.5, 0.6) is 5.75 Å². The second-order valence-electron chi connectivity index (χ2n) is 7.14. The highest BCUT2D eigenvalue weighted by Gasteiger charge is 2.25. The Labute approximate surface area is 183 Å². The van der Waals surface area contributed by atoms with Crippen LogP contribution in [-0.2, 0) is 4.74 Å². The molecule has 0 spiro atoms. The summed E-state index contributed by atoms with van der Waals surface area (Å²) in [6.07, 6.45) is -0.375. The number of ether oxygens (including phenoxy) is 2. The van der Waals surface area contributed by atoms with E-state index in [1.165, 1.54) is 43.3 Å². The van der Waals surface area contributed by atoms with Crippen molar-refractivity contribution in [3.63, 3.8) is 0 Å². The van der Waals surface area contributed by atoms with Crippen LogP contribution in [0.4, 0.5) is 8.78 Å². The van der Waals surface area contributed by atoms with E-state index in [-0.39, 0.29) is 17.1 Å². The number of aromatic nitrogens is 1.